The normalized spacial score (nSPS) is 18.1. The summed E-state index contributed by atoms with van der Waals surface area (Å²) in [5.41, 5.74) is 6.76. The number of nitrogens with zero attached hydrogens (tertiary/aromatic N) is 1. The number of carbonyl (C=O) groups excluding carboxylic acids is 2. The lowest BCUT2D eigenvalue weighted by Crippen LogP contribution is -2.41. The van der Waals surface area contributed by atoms with Crippen LogP contribution in [0.1, 0.15) is 28.8 Å². The van der Waals surface area contributed by atoms with E-state index in [-0.39, 0.29) is 18.6 Å². The molecule has 0 unspecified atom stereocenters. The van der Waals surface area contributed by atoms with Crippen LogP contribution in [-0.4, -0.2) is 36.1 Å². The summed E-state index contributed by atoms with van der Waals surface area (Å²) in [6, 6.07) is 4.85. The summed E-state index contributed by atoms with van der Waals surface area (Å²) in [6.07, 6.45) is 1.70. The van der Waals surface area contributed by atoms with Gasteiger partial charge in [0, 0.05) is 11.0 Å². The SMILES string of the molecule is Cc1cc(Br)cc(C(=O)OC[C@@H]2CCCN2C(N)=O)c1. The van der Waals surface area contributed by atoms with Crippen LogP contribution < -0.4 is 5.73 Å². The summed E-state index contributed by atoms with van der Waals surface area (Å²) in [6.45, 7) is 2.73. The predicted octanol–water partition coefficient (Wildman–Crippen LogP) is 2.46. The molecule has 1 heterocycles. The van der Waals surface area contributed by atoms with Crippen molar-refractivity contribution < 1.29 is 14.3 Å². The fraction of sp³-hybridized carbons (Fsp3) is 0.429. The Morgan fingerprint density at radius 2 is 2.20 bits per heavy atom. The predicted molar refractivity (Wildman–Crippen MR) is 78.5 cm³/mol. The molecule has 0 aliphatic carbocycles. The van der Waals surface area contributed by atoms with Crippen molar-refractivity contribution in [1.29, 1.82) is 0 Å². The van der Waals surface area contributed by atoms with Crippen LogP contribution in [0.5, 0.6) is 0 Å². The van der Waals surface area contributed by atoms with E-state index in [2.05, 4.69) is 15.9 Å². The first-order valence-corrected chi connectivity index (χ1v) is 7.27. The van der Waals surface area contributed by atoms with Crippen LogP contribution in [0.15, 0.2) is 22.7 Å². The number of ether oxygens (including phenoxy) is 1. The van der Waals surface area contributed by atoms with Crippen molar-refractivity contribution in [2.24, 2.45) is 5.73 Å². The molecule has 2 amide bonds. The van der Waals surface area contributed by atoms with E-state index in [0.717, 1.165) is 22.9 Å². The Balaban J connectivity index is 1.96. The van der Waals surface area contributed by atoms with Crippen LogP contribution in [0, 0.1) is 6.92 Å². The number of primary amides is 1. The molecule has 2 rings (SSSR count). The van der Waals surface area contributed by atoms with Crippen LogP contribution in [0.2, 0.25) is 0 Å². The Morgan fingerprint density at radius 1 is 1.45 bits per heavy atom. The number of rotatable bonds is 3. The number of amides is 2. The molecule has 1 saturated heterocycles. The maximum absolute atomic E-state index is 12.0. The van der Waals surface area contributed by atoms with Crippen LogP contribution >= 0.6 is 15.9 Å². The van der Waals surface area contributed by atoms with E-state index < -0.39 is 6.03 Å². The van der Waals surface area contributed by atoms with Crippen molar-refractivity contribution in [2.75, 3.05) is 13.2 Å². The summed E-state index contributed by atoms with van der Waals surface area (Å²) in [7, 11) is 0. The Kier molecular flexibility index (Phi) is 4.65. The number of esters is 1. The number of hydrogen-bond acceptors (Lipinski definition) is 3. The number of nitrogens with two attached hydrogens (primary N) is 1. The minimum Gasteiger partial charge on any atom is -0.460 e. The molecule has 1 fully saturated rings. The first-order chi connectivity index (χ1) is 9.47. The van der Waals surface area contributed by atoms with E-state index in [1.807, 2.05) is 13.0 Å². The van der Waals surface area contributed by atoms with Crippen LogP contribution in [0.3, 0.4) is 0 Å². The van der Waals surface area contributed by atoms with E-state index in [0.29, 0.717) is 12.1 Å². The van der Waals surface area contributed by atoms with Gasteiger partial charge in [0.25, 0.3) is 0 Å². The van der Waals surface area contributed by atoms with Gasteiger partial charge in [0.2, 0.25) is 0 Å². The zero-order chi connectivity index (χ0) is 14.7. The number of likely N-dealkylation sites (tertiary alicyclic amines) is 1. The summed E-state index contributed by atoms with van der Waals surface area (Å²) < 4.78 is 6.13. The Morgan fingerprint density at radius 3 is 2.85 bits per heavy atom. The smallest absolute Gasteiger partial charge is 0.338 e. The highest BCUT2D eigenvalue weighted by molar-refractivity contribution is 9.10. The van der Waals surface area contributed by atoms with Crippen LogP contribution in [0.25, 0.3) is 0 Å². The summed E-state index contributed by atoms with van der Waals surface area (Å²) in [5, 5.41) is 0. The van der Waals surface area contributed by atoms with Gasteiger partial charge in [0.15, 0.2) is 0 Å². The molecule has 2 N–H and O–H groups in total. The zero-order valence-corrected chi connectivity index (χ0v) is 12.9. The first kappa shape index (κ1) is 14.8. The van der Waals surface area contributed by atoms with Gasteiger partial charge in [-0.25, -0.2) is 9.59 Å². The molecule has 1 aromatic rings. The molecule has 0 spiro atoms. The van der Waals surface area contributed by atoms with Crippen molar-refractivity contribution >= 4 is 27.9 Å². The molecule has 6 heteroatoms. The maximum atomic E-state index is 12.0. The second kappa shape index (κ2) is 6.26. The van der Waals surface area contributed by atoms with Gasteiger partial charge >= 0.3 is 12.0 Å². The number of hydrogen-bond donors (Lipinski definition) is 1. The number of halogens is 1. The quantitative estimate of drug-likeness (QED) is 0.859. The van der Waals surface area contributed by atoms with Crippen molar-refractivity contribution in [3.8, 4) is 0 Å². The van der Waals surface area contributed by atoms with Gasteiger partial charge in [-0.05, 0) is 43.5 Å². The zero-order valence-electron chi connectivity index (χ0n) is 11.3. The largest absolute Gasteiger partial charge is 0.460 e. The Bertz CT molecular complexity index is 513. The van der Waals surface area contributed by atoms with Gasteiger partial charge in [-0.1, -0.05) is 15.9 Å². The molecule has 0 bridgehead atoms. The third-order valence-corrected chi connectivity index (χ3v) is 3.80. The summed E-state index contributed by atoms with van der Waals surface area (Å²) >= 11 is 3.35. The molecule has 0 radical (unpaired) electrons. The third kappa shape index (κ3) is 3.50. The van der Waals surface area contributed by atoms with Gasteiger partial charge in [0.1, 0.15) is 6.61 Å². The highest BCUT2D eigenvalue weighted by Gasteiger charge is 2.28. The lowest BCUT2D eigenvalue weighted by Gasteiger charge is -2.22. The molecular formula is C14H17BrN2O3. The fourth-order valence-corrected chi connectivity index (χ4v) is 3.02. The average molecular weight is 341 g/mol. The molecule has 1 aromatic carbocycles. The number of urea groups is 1. The van der Waals surface area contributed by atoms with Crippen molar-refractivity contribution in [3.63, 3.8) is 0 Å². The molecule has 0 aromatic heterocycles. The van der Waals surface area contributed by atoms with E-state index in [9.17, 15) is 9.59 Å². The third-order valence-electron chi connectivity index (χ3n) is 3.34. The number of aryl methyl sites for hydroxylation is 1. The van der Waals surface area contributed by atoms with Crippen LogP contribution in [0.4, 0.5) is 4.79 Å². The molecule has 0 saturated carbocycles. The summed E-state index contributed by atoms with van der Waals surface area (Å²) in [4.78, 5) is 24.8. The Hall–Kier alpha value is -1.56. The monoisotopic (exact) mass is 340 g/mol. The minimum atomic E-state index is -0.457. The molecule has 108 valence electrons. The first-order valence-electron chi connectivity index (χ1n) is 6.48. The highest BCUT2D eigenvalue weighted by atomic mass is 79.9. The van der Waals surface area contributed by atoms with Gasteiger partial charge in [0.05, 0.1) is 11.6 Å². The number of benzene rings is 1. The molecule has 1 atom stereocenters. The fourth-order valence-electron chi connectivity index (χ4n) is 2.41. The summed E-state index contributed by atoms with van der Waals surface area (Å²) in [5.74, 6) is -0.384. The lowest BCUT2D eigenvalue weighted by atomic mass is 10.1. The molecule has 1 aliphatic rings. The Labute approximate surface area is 126 Å². The highest BCUT2D eigenvalue weighted by Crippen LogP contribution is 2.19. The lowest BCUT2D eigenvalue weighted by molar-refractivity contribution is 0.0422. The number of carbonyl (C=O) groups is 2. The van der Waals surface area contributed by atoms with Gasteiger partial charge in [-0.3, -0.25) is 0 Å². The standard InChI is InChI=1S/C14H17BrN2O3/c1-9-5-10(7-11(15)6-9)13(18)20-8-12-3-2-4-17(12)14(16)19/h5-7,12H,2-4,8H2,1H3,(H2,16,19)/t12-/m0/s1. The average Bonchev–Trinajstić information content (AvgIpc) is 2.83. The molecule has 1 aliphatic heterocycles. The van der Waals surface area contributed by atoms with E-state index in [1.54, 1.807) is 17.0 Å². The maximum Gasteiger partial charge on any atom is 0.338 e. The van der Waals surface area contributed by atoms with E-state index in [1.165, 1.54) is 0 Å². The second-order valence-corrected chi connectivity index (χ2v) is 5.86. The topological polar surface area (TPSA) is 72.6 Å². The van der Waals surface area contributed by atoms with Crippen LogP contribution in [-0.2, 0) is 4.74 Å². The molecular weight excluding hydrogens is 324 g/mol. The molecule has 20 heavy (non-hydrogen) atoms. The van der Waals surface area contributed by atoms with Crippen molar-refractivity contribution in [1.82, 2.24) is 4.90 Å². The van der Waals surface area contributed by atoms with Gasteiger partial charge in [-0.15, -0.1) is 0 Å². The van der Waals surface area contributed by atoms with Gasteiger partial charge < -0.3 is 15.4 Å². The van der Waals surface area contributed by atoms with E-state index in [4.69, 9.17) is 10.5 Å². The minimum absolute atomic E-state index is 0.107. The van der Waals surface area contributed by atoms with Crippen molar-refractivity contribution in [3.05, 3.63) is 33.8 Å². The second-order valence-electron chi connectivity index (χ2n) is 4.94. The van der Waals surface area contributed by atoms with Crippen molar-refractivity contribution in [2.45, 2.75) is 25.8 Å². The van der Waals surface area contributed by atoms with E-state index >= 15 is 0 Å². The molecule has 5 nitrogen and oxygen atoms in total. The van der Waals surface area contributed by atoms with Gasteiger partial charge in [-0.2, -0.15) is 0 Å².